The van der Waals surface area contributed by atoms with Crippen LogP contribution in [0.1, 0.15) is 5.56 Å². The Kier molecular flexibility index (Phi) is 4.29. The predicted octanol–water partition coefficient (Wildman–Crippen LogP) is 4.43. The number of nitrogens with zero attached hydrogens (tertiary/aromatic N) is 3. The molecule has 3 rings (SSSR count). The lowest BCUT2D eigenvalue weighted by Crippen LogP contribution is -2.02. The van der Waals surface area contributed by atoms with Crippen LogP contribution in [-0.2, 0) is 0 Å². The van der Waals surface area contributed by atoms with E-state index < -0.39 is 0 Å². The van der Waals surface area contributed by atoms with Crippen molar-refractivity contribution in [2.75, 3.05) is 10.6 Å². The first kappa shape index (κ1) is 14.5. The maximum absolute atomic E-state index is 4.40. The molecule has 110 valence electrons. The Morgan fingerprint density at radius 1 is 0.864 bits per heavy atom. The summed E-state index contributed by atoms with van der Waals surface area (Å²) in [6, 6.07) is 15.9. The van der Waals surface area contributed by atoms with Gasteiger partial charge in [-0.25, -0.2) is 0 Å². The quantitative estimate of drug-likeness (QED) is 0.724. The van der Waals surface area contributed by atoms with E-state index in [9.17, 15) is 0 Å². The van der Waals surface area contributed by atoms with Crippen LogP contribution >= 0.6 is 15.9 Å². The molecule has 2 aromatic carbocycles. The van der Waals surface area contributed by atoms with Crippen molar-refractivity contribution in [2.24, 2.45) is 0 Å². The Labute approximate surface area is 137 Å². The number of rotatable bonds is 4. The zero-order valence-electron chi connectivity index (χ0n) is 11.9. The minimum absolute atomic E-state index is 0.444. The average molecular weight is 356 g/mol. The second-order valence-corrected chi connectivity index (χ2v) is 5.70. The molecule has 1 aromatic heterocycles. The SMILES string of the molecule is Cc1ccc(Nc2cnnc(Nc3ccc(Br)cc3)n2)cc1. The number of aryl methyl sites for hydroxylation is 1. The maximum Gasteiger partial charge on any atom is 0.249 e. The van der Waals surface area contributed by atoms with Crippen molar-refractivity contribution in [2.45, 2.75) is 6.92 Å². The molecule has 0 aliphatic heterocycles. The highest BCUT2D eigenvalue weighted by molar-refractivity contribution is 9.10. The summed E-state index contributed by atoms with van der Waals surface area (Å²) in [6.07, 6.45) is 1.59. The van der Waals surface area contributed by atoms with E-state index in [2.05, 4.69) is 48.7 Å². The summed E-state index contributed by atoms with van der Waals surface area (Å²) in [5.41, 5.74) is 3.07. The fourth-order valence-electron chi connectivity index (χ4n) is 1.86. The van der Waals surface area contributed by atoms with Gasteiger partial charge in [0.15, 0.2) is 5.82 Å². The highest BCUT2D eigenvalue weighted by Crippen LogP contribution is 2.19. The molecular formula is C16H14BrN5. The summed E-state index contributed by atoms with van der Waals surface area (Å²) in [5.74, 6) is 1.08. The van der Waals surface area contributed by atoms with Gasteiger partial charge in [0.25, 0.3) is 0 Å². The molecule has 0 aliphatic rings. The van der Waals surface area contributed by atoms with Gasteiger partial charge in [0, 0.05) is 15.8 Å². The van der Waals surface area contributed by atoms with E-state index in [1.807, 2.05) is 48.5 Å². The van der Waals surface area contributed by atoms with Crippen LogP contribution < -0.4 is 10.6 Å². The van der Waals surface area contributed by atoms with Crippen molar-refractivity contribution in [1.29, 1.82) is 0 Å². The Hall–Kier alpha value is -2.47. The van der Waals surface area contributed by atoms with Gasteiger partial charge in [0.2, 0.25) is 5.95 Å². The number of nitrogens with one attached hydrogen (secondary N) is 2. The van der Waals surface area contributed by atoms with E-state index in [0.717, 1.165) is 15.8 Å². The van der Waals surface area contributed by atoms with Gasteiger partial charge < -0.3 is 10.6 Å². The normalized spacial score (nSPS) is 10.3. The van der Waals surface area contributed by atoms with E-state index in [1.54, 1.807) is 6.20 Å². The summed E-state index contributed by atoms with van der Waals surface area (Å²) in [7, 11) is 0. The Bertz CT molecular complexity index is 693. The van der Waals surface area contributed by atoms with Gasteiger partial charge in [-0.1, -0.05) is 33.6 Å². The first-order valence-corrected chi connectivity index (χ1v) is 7.54. The smallest absolute Gasteiger partial charge is 0.249 e. The monoisotopic (exact) mass is 355 g/mol. The van der Waals surface area contributed by atoms with Crippen molar-refractivity contribution in [1.82, 2.24) is 15.2 Å². The highest BCUT2D eigenvalue weighted by Gasteiger charge is 2.02. The van der Waals surface area contributed by atoms with Gasteiger partial charge in [-0.15, -0.1) is 5.10 Å². The third-order valence-corrected chi connectivity index (χ3v) is 3.51. The van der Waals surface area contributed by atoms with Crippen molar-refractivity contribution in [3.05, 3.63) is 64.8 Å². The topological polar surface area (TPSA) is 62.7 Å². The molecule has 0 spiro atoms. The number of halogens is 1. The molecule has 0 amide bonds. The van der Waals surface area contributed by atoms with Crippen molar-refractivity contribution >= 4 is 39.1 Å². The highest BCUT2D eigenvalue weighted by atomic mass is 79.9. The molecule has 0 saturated carbocycles. The third kappa shape index (κ3) is 3.79. The van der Waals surface area contributed by atoms with E-state index in [0.29, 0.717) is 11.8 Å². The number of hydrogen-bond donors (Lipinski definition) is 2. The van der Waals surface area contributed by atoms with Gasteiger partial charge in [-0.3, -0.25) is 0 Å². The second kappa shape index (κ2) is 6.53. The zero-order chi connectivity index (χ0) is 15.4. The fraction of sp³-hybridized carbons (Fsp3) is 0.0625. The molecular weight excluding hydrogens is 342 g/mol. The summed E-state index contributed by atoms with van der Waals surface area (Å²) >= 11 is 3.40. The van der Waals surface area contributed by atoms with E-state index >= 15 is 0 Å². The van der Waals surface area contributed by atoms with Crippen LogP contribution in [0.2, 0.25) is 0 Å². The van der Waals surface area contributed by atoms with Crippen LogP contribution in [0.5, 0.6) is 0 Å². The average Bonchev–Trinajstić information content (AvgIpc) is 2.52. The molecule has 1 heterocycles. The lowest BCUT2D eigenvalue weighted by atomic mass is 10.2. The Balaban J connectivity index is 1.74. The molecule has 0 radical (unpaired) electrons. The standard InChI is InChI=1S/C16H14BrN5/c1-11-2-6-13(7-3-11)19-15-10-18-22-16(21-15)20-14-8-4-12(17)5-9-14/h2-10H,1H3,(H2,19,20,21,22). The minimum Gasteiger partial charge on any atom is -0.339 e. The first-order chi connectivity index (χ1) is 10.7. The maximum atomic E-state index is 4.40. The second-order valence-electron chi connectivity index (χ2n) is 4.79. The van der Waals surface area contributed by atoms with Crippen molar-refractivity contribution < 1.29 is 0 Å². The van der Waals surface area contributed by atoms with Crippen LogP contribution in [0.3, 0.4) is 0 Å². The number of anilines is 4. The molecule has 6 heteroatoms. The Morgan fingerprint density at radius 2 is 1.50 bits per heavy atom. The van der Waals surface area contributed by atoms with Gasteiger partial charge in [0.1, 0.15) is 0 Å². The largest absolute Gasteiger partial charge is 0.339 e. The number of benzene rings is 2. The van der Waals surface area contributed by atoms with Crippen LogP contribution in [0.25, 0.3) is 0 Å². The van der Waals surface area contributed by atoms with E-state index in [-0.39, 0.29) is 0 Å². The van der Waals surface area contributed by atoms with Crippen molar-refractivity contribution in [3.8, 4) is 0 Å². The number of aromatic nitrogens is 3. The lowest BCUT2D eigenvalue weighted by Gasteiger charge is -2.08. The summed E-state index contributed by atoms with van der Waals surface area (Å²) in [5, 5.41) is 14.3. The summed E-state index contributed by atoms with van der Waals surface area (Å²) in [4.78, 5) is 4.40. The minimum atomic E-state index is 0.444. The van der Waals surface area contributed by atoms with Crippen LogP contribution in [0.4, 0.5) is 23.1 Å². The number of hydrogen-bond acceptors (Lipinski definition) is 5. The Morgan fingerprint density at radius 3 is 2.23 bits per heavy atom. The lowest BCUT2D eigenvalue weighted by molar-refractivity contribution is 0.982. The van der Waals surface area contributed by atoms with Crippen molar-refractivity contribution in [3.63, 3.8) is 0 Å². The molecule has 2 N–H and O–H groups in total. The molecule has 5 nitrogen and oxygen atoms in total. The van der Waals surface area contributed by atoms with Gasteiger partial charge >= 0.3 is 0 Å². The van der Waals surface area contributed by atoms with E-state index in [1.165, 1.54) is 5.56 Å². The van der Waals surface area contributed by atoms with Gasteiger partial charge in [-0.2, -0.15) is 10.1 Å². The molecule has 0 bridgehead atoms. The first-order valence-electron chi connectivity index (χ1n) is 6.75. The molecule has 0 unspecified atom stereocenters. The van der Waals surface area contributed by atoms with E-state index in [4.69, 9.17) is 0 Å². The molecule has 0 atom stereocenters. The summed E-state index contributed by atoms with van der Waals surface area (Å²) in [6.45, 7) is 2.05. The van der Waals surface area contributed by atoms with Gasteiger partial charge in [0.05, 0.1) is 6.20 Å². The zero-order valence-corrected chi connectivity index (χ0v) is 13.5. The third-order valence-electron chi connectivity index (χ3n) is 2.98. The summed E-state index contributed by atoms with van der Waals surface area (Å²) < 4.78 is 1.02. The van der Waals surface area contributed by atoms with Crippen LogP contribution in [-0.4, -0.2) is 15.2 Å². The predicted molar refractivity (Wildman–Crippen MR) is 91.7 cm³/mol. The van der Waals surface area contributed by atoms with Crippen LogP contribution in [0.15, 0.2) is 59.2 Å². The van der Waals surface area contributed by atoms with Gasteiger partial charge in [-0.05, 0) is 43.3 Å². The fourth-order valence-corrected chi connectivity index (χ4v) is 2.13. The van der Waals surface area contributed by atoms with Crippen LogP contribution in [0, 0.1) is 6.92 Å². The molecule has 22 heavy (non-hydrogen) atoms. The molecule has 0 fully saturated rings. The molecule has 0 saturated heterocycles. The molecule has 3 aromatic rings. The molecule has 0 aliphatic carbocycles.